The number of aromatic nitrogens is 2. The van der Waals surface area contributed by atoms with E-state index in [1.807, 2.05) is 0 Å². The van der Waals surface area contributed by atoms with Crippen LogP contribution in [0.4, 0.5) is 18.2 Å². The highest BCUT2D eigenvalue weighted by Crippen LogP contribution is 2.35. The Morgan fingerprint density at radius 1 is 1.20 bits per heavy atom. The number of hydrogen-bond donors (Lipinski definition) is 1. The Balaban J connectivity index is 2.42. The minimum atomic E-state index is -4.69. The summed E-state index contributed by atoms with van der Waals surface area (Å²) in [6.45, 7) is 5.11. The summed E-state index contributed by atoms with van der Waals surface area (Å²) < 4.78 is 49.5. The van der Waals surface area contributed by atoms with Crippen molar-refractivity contribution < 1.29 is 37.0 Å². The van der Waals surface area contributed by atoms with Gasteiger partial charge in [-0.15, -0.1) is 11.3 Å². The Morgan fingerprint density at radius 2 is 1.87 bits per heavy atom. The standard InChI is InChI=1S/C18H20F3N3O5S/c1-5-7-29-16(26)12-9(3)13(17(27)28-6-2)30-15(12)22-14(25)10-8-11(18(19,20)21)24(4)23-10/h8H,5-7H2,1-4H3,(H,22,25). The van der Waals surface area contributed by atoms with Gasteiger partial charge in [-0.25, -0.2) is 9.59 Å². The number of hydrogen-bond acceptors (Lipinski definition) is 7. The zero-order valence-corrected chi connectivity index (χ0v) is 17.5. The highest BCUT2D eigenvalue weighted by atomic mass is 32.1. The molecule has 2 aromatic rings. The molecule has 0 saturated carbocycles. The summed E-state index contributed by atoms with van der Waals surface area (Å²) in [6.07, 6.45) is -4.14. The van der Waals surface area contributed by atoms with Gasteiger partial charge < -0.3 is 14.8 Å². The normalized spacial score (nSPS) is 11.3. The third-order valence-electron chi connectivity index (χ3n) is 3.88. The van der Waals surface area contributed by atoms with Crippen LogP contribution < -0.4 is 5.32 Å². The van der Waals surface area contributed by atoms with Crippen molar-refractivity contribution in [3.63, 3.8) is 0 Å². The van der Waals surface area contributed by atoms with Gasteiger partial charge in [0.15, 0.2) is 5.69 Å². The predicted octanol–water partition coefficient (Wildman–Crippen LogP) is 3.80. The van der Waals surface area contributed by atoms with E-state index in [9.17, 15) is 27.6 Å². The number of rotatable bonds is 7. The number of aryl methyl sites for hydroxylation is 1. The molecule has 164 valence electrons. The molecule has 2 aromatic heterocycles. The number of carbonyl (C=O) groups is 3. The van der Waals surface area contributed by atoms with Gasteiger partial charge in [-0.05, 0) is 25.8 Å². The van der Waals surface area contributed by atoms with Crippen molar-refractivity contribution in [1.29, 1.82) is 0 Å². The van der Waals surface area contributed by atoms with Crippen molar-refractivity contribution in [3.05, 3.63) is 33.5 Å². The van der Waals surface area contributed by atoms with Crippen molar-refractivity contribution in [1.82, 2.24) is 9.78 Å². The molecule has 1 amide bonds. The monoisotopic (exact) mass is 447 g/mol. The number of anilines is 1. The van der Waals surface area contributed by atoms with E-state index in [1.165, 1.54) is 6.92 Å². The fourth-order valence-corrected chi connectivity index (χ4v) is 3.60. The molecule has 1 N–H and O–H groups in total. The third kappa shape index (κ3) is 4.99. The second-order valence-electron chi connectivity index (χ2n) is 6.11. The molecule has 0 saturated heterocycles. The smallest absolute Gasteiger partial charge is 0.433 e. The van der Waals surface area contributed by atoms with E-state index in [-0.39, 0.29) is 34.2 Å². The maximum absolute atomic E-state index is 13.0. The zero-order valence-electron chi connectivity index (χ0n) is 16.7. The number of nitrogens with zero attached hydrogens (tertiary/aromatic N) is 2. The topological polar surface area (TPSA) is 99.5 Å². The van der Waals surface area contributed by atoms with Gasteiger partial charge in [0.25, 0.3) is 5.91 Å². The number of carbonyl (C=O) groups excluding carboxylic acids is 3. The van der Waals surface area contributed by atoms with Crippen LogP contribution in [0.25, 0.3) is 0 Å². The van der Waals surface area contributed by atoms with E-state index in [1.54, 1.807) is 13.8 Å². The Morgan fingerprint density at radius 3 is 2.40 bits per heavy atom. The van der Waals surface area contributed by atoms with Crippen LogP contribution in [0.15, 0.2) is 6.07 Å². The number of halogens is 3. The first-order valence-corrected chi connectivity index (χ1v) is 9.73. The van der Waals surface area contributed by atoms with Crippen LogP contribution in [-0.2, 0) is 22.7 Å². The fourth-order valence-electron chi connectivity index (χ4n) is 2.52. The highest BCUT2D eigenvalue weighted by molar-refractivity contribution is 7.18. The fraction of sp³-hybridized carbons (Fsp3) is 0.444. The van der Waals surface area contributed by atoms with Gasteiger partial charge in [0.1, 0.15) is 15.6 Å². The molecule has 0 unspecified atom stereocenters. The second kappa shape index (κ2) is 9.28. The average Bonchev–Trinajstić information content (AvgIpc) is 3.20. The molecule has 8 nitrogen and oxygen atoms in total. The molecule has 0 aliphatic carbocycles. The summed E-state index contributed by atoms with van der Waals surface area (Å²) >= 11 is 0.771. The summed E-state index contributed by atoms with van der Waals surface area (Å²) in [4.78, 5) is 37.2. The average molecular weight is 447 g/mol. The molecule has 0 spiro atoms. The van der Waals surface area contributed by atoms with Gasteiger partial charge in [0.05, 0.1) is 18.8 Å². The number of esters is 2. The molecular formula is C18H20F3N3O5S. The molecule has 0 aliphatic heterocycles. The number of amides is 1. The van der Waals surface area contributed by atoms with E-state index in [0.717, 1.165) is 18.4 Å². The first-order valence-electron chi connectivity index (χ1n) is 8.91. The second-order valence-corrected chi connectivity index (χ2v) is 7.13. The lowest BCUT2D eigenvalue weighted by atomic mass is 10.1. The Kier molecular flexibility index (Phi) is 7.24. The van der Waals surface area contributed by atoms with Gasteiger partial charge in [-0.2, -0.15) is 18.3 Å². The number of nitrogens with one attached hydrogen (secondary N) is 1. The number of alkyl halides is 3. The molecule has 0 atom stereocenters. The molecule has 0 fully saturated rings. The van der Waals surface area contributed by atoms with E-state index in [4.69, 9.17) is 9.47 Å². The minimum Gasteiger partial charge on any atom is -0.462 e. The molecule has 12 heteroatoms. The Hall–Kier alpha value is -2.89. The lowest BCUT2D eigenvalue weighted by Gasteiger charge is -2.07. The summed E-state index contributed by atoms with van der Waals surface area (Å²) in [6, 6.07) is 0.594. The molecule has 0 aromatic carbocycles. The molecule has 0 radical (unpaired) electrons. The summed E-state index contributed by atoms with van der Waals surface area (Å²) in [5.41, 5.74) is -1.42. The SMILES string of the molecule is CCCOC(=O)c1c(NC(=O)c2cc(C(F)(F)F)n(C)n2)sc(C(=O)OCC)c1C. The lowest BCUT2D eigenvalue weighted by molar-refractivity contribution is -0.143. The van der Waals surface area contributed by atoms with Crippen molar-refractivity contribution >= 4 is 34.2 Å². The minimum absolute atomic E-state index is 0.0409. The highest BCUT2D eigenvalue weighted by Gasteiger charge is 2.36. The van der Waals surface area contributed by atoms with E-state index < -0.39 is 35.4 Å². The molecule has 2 rings (SSSR count). The van der Waals surface area contributed by atoms with Gasteiger partial charge in [0, 0.05) is 13.1 Å². The summed E-state index contributed by atoms with van der Waals surface area (Å²) in [5.74, 6) is -2.43. The number of thiophene rings is 1. The molecule has 30 heavy (non-hydrogen) atoms. The van der Waals surface area contributed by atoms with E-state index in [2.05, 4.69) is 10.4 Å². The largest absolute Gasteiger partial charge is 0.462 e. The number of ether oxygens (including phenoxy) is 2. The zero-order chi connectivity index (χ0) is 22.6. The van der Waals surface area contributed by atoms with Gasteiger partial charge in [-0.3, -0.25) is 9.48 Å². The van der Waals surface area contributed by atoms with E-state index in [0.29, 0.717) is 17.2 Å². The maximum Gasteiger partial charge on any atom is 0.433 e. The molecule has 0 bridgehead atoms. The molecule has 2 heterocycles. The molecule has 0 aliphatic rings. The van der Waals surface area contributed by atoms with Crippen LogP contribution in [0.3, 0.4) is 0 Å². The third-order valence-corrected chi connectivity index (χ3v) is 5.07. The van der Waals surface area contributed by atoms with Crippen LogP contribution >= 0.6 is 11.3 Å². The van der Waals surface area contributed by atoms with Crippen molar-refractivity contribution in [2.75, 3.05) is 18.5 Å². The van der Waals surface area contributed by atoms with E-state index >= 15 is 0 Å². The first-order chi connectivity index (χ1) is 14.0. The van der Waals surface area contributed by atoms with Gasteiger partial charge in [-0.1, -0.05) is 6.92 Å². The van der Waals surface area contributed by atoms with Crippen LogP contribution in [-0.4, -0.2) is 40.8 Å². The van der Waals surface area contributed by atoms with Crippen molar-refractivity contribution in [3.8, 4) is 0 Å². The Labute approximate surface area is 174 Å². The van der Waals surface area contributed by atoms with Gasteiger partial charge in [0.2, 0.25) is 0 Å². The summed E-state index contributed by atoms with van der Waals surface area (Å²) in [7, 11) is 1.06. The lowest BCUT2D eigenvalue weighted by Crippen LogP contribution is -2.16. The van der Waals surface area contributed by atoms with Crippen LogP contribution in [0.1, 0.15) is 62.0 Å². The maximum atomic E-state index is 13.0. The van der Waals surface area contributed by atoms with Crippen LogP contribution in [0, 0.1) is 6.92 Å². The quantitative estimate of drug-likeness (QED) is 0.648. The van der Waals surface area contributed by atoms with Crippen molar-refractivity contribution in [2.24, 2.45) is 7.05 Å². The summed E-state index contributed by atoms with van der Waals surface area (Å²) in [5, 5.41) is 5.89. The predicted molar refractivity (Wildman–Crippen MR) is 102 cm³/mol. The van der Waals surface area contributed by atoms with Crippen LogP contribution in [0.2, 0.25) is 0 Å². The van der Waals surface area contributed by atoms with Crippen LogP contribution in [0.5, 0.6) is 0 Å². The van der Waals surface area contributed by atoms with Gasteiger partial charge >= 0.3 is 18.1 Å². The first kappa shape index (κ1) is 23.4. The van der Waals surface area contributed by atoms with Crippen molar-refractivity contribution in [2.45, 2.75) is 33.4 Å². The molecular weight excluding hydrogens is 427 g/mol. The Bertz CT molecular complexity index is 965.